The van der Waals surface area contributed by atoms with Gasteiger partial charge in [0.2, 0.25) is 0 Å². The zero-order valence-corrected chi connectivity index (χ0v) is 14.8. The minimum atomic E-state index is -0.546. The normalized spacial score (nSPS) is 21.4. The lowest BCUT2D eigenvalue weighted by atomic mass is 9.95. The Morgan fingerprint density at radius 3 is 2.96 bits per heavy atom. The monoisotopic (exact) mass is 347 g/mol. The lowest BCUT2D eigenvalue weighted by molar-refractivity contribution is 0.0116. The maximum Gasteiger partial charge on any atom is 0.410 e. The summed E-state index contributed by atoms with van der Waals surface area (Å²) in [5.41, 5.74) is 0.215. The van der Waals surface area contributed by atoms with Crippen molar-refractivity contribution >= 4 is 22.9 Å². The van der Waals surface area contributed by atoms with E-state index in [0.29, 0.717) is 13.1 Å². The molecule has 2 aromatic rings. The molecule has 0 saturated carbocycles. The van der Waals surface area contributed by atoms with Gasteiger partial charge in [-0.05, 0) is 33.3 Å². The van der Waals surface area contributed by atoms with Crippen molar-refractivity contribution in [2.75, 3.05) is 25.0 Å². The Hall–Kier alpha value is -2.35. The van der Waals surface area contributed by atoms with Crippen LogP contribution in [-0.4, -0.2) is 62.4 Å². The van der Waals surface area contributed by atoms with Gasteiger partial charge in [0.1, 0.15) is 23.4 Å². The minimum absolute atomic E-state index is 0.00215. The highest BCUT2D eigenvalue weighted by molar-refractivity contribution is 5.86. The number of amides is 1. The largest absolute Gasteiger partial charge is 0.444 e. The summed E-state index contributed by atoms with van der Waals surface area (Å²) in [5.74, 6) is 0.723. The van der Waals surface area contributed by atoms with Crippen LogP contribution in [0.5, 0.6) is 0 Å². The summed E-state index contributed by atoms with van der Waals surface area (Å²) in [6, 6.07) is 1.89. The number of likely N-dealkylation sites (tertiary alicyclic amines) is 1. The van der Waals surface area contributed by atoms with Gasteiger partial charge in [0.05, 0.1) is 5.39 Å². The van der Waals surface area contributed by atoms with Crippen molar-refractivity contribution in [2.24, 2.45) is 5.92 Å². The smallest absolute Gasteiger partial charge is 0.410 e. The molecule has 25 heavy (non-hydrogen) atoms. The van der Waals surface area contributed by atoms with Gasteiger partial charge in [-0.15, -0.1) is 0 Å². The molecule has 1 saturated heterocycles. The first-order valence-corrected chi connectivity index (χ1v) is 8.49. The van der Waals surface area contributed by atoms with E-state index in [4.69, 9.17) is 4.74 Å². The van der Waals surface area contributed by atoms with Gasteiger partial charge in [-0.25, -0.2) is 14.8 Å². The molecule has 3 rings (SSSR count). The predicted molar refractivity (Wildman–Crippen MR) is 94.3 cm³/mol. The van der Waals surface area contributed by atoms with Crippen LogP contribution in [0.1, 0.15) is 27.2 Å². The van der Waals surface area contributed by atoms with Crippen molar-refractivity contribution < 1.29 is 14.6 Å². The summed E-state index contributed by atoms with van der Waals surface area (Å²) in [7, 11) is 0. The SMILES string of the molecule is CC(C)(C)OC(=O)N1CC(CO)CC(Nc2ncnc3[nH]ccc23)C1. The fourth-order valence-corrected chi connectivity index (χ4v) is 3.10. The van der Waals surface area contributed by atoms with Gasteiger partial charge < -0.3 is 25.0 Å². The number of nitrogens with one attached hydrogen (secondary N) is 2. The molecule has 8 heteroatoms. The predicted octanol–water partition coefficient (Wildman–Crippen LogP) is 1.99. The van der Waals surface area contributed by atoms with E-state index in [9.17, 15) is 9.90 Å². The number of ether oxygens (including phenoxy) is 1. The van der Waals surface area contributed by atoms with Crippen molar-refractivity contribution in [2.45, 2.75) is 38.8 Å². The Morgan fingerprint density at radius 2 is 2.24 bits per heavy atom. The van der Waals surface area contributed by atoms with E-state index in [0.717, 1.165) is 23.3 Å². The highest BCUT2D eigenvalue weighted by Gasteiger charge is 2.32. The van der Waals surface area contributed by atoms with Crippen molar-refractivity contribution in [3.8, 4) is 0 Å². The molecule has 1 aliphatic heterocycles. The number of aliphatic hydroxyl groups is 1. The molecular formula is C17H25N5O3. The number of rotatable bonds is 3. The molecule has 1 amide bonds. The average Bonchev–Trinajstić information content (AvgIpc) is 3.02. The third-order valence-electron chi connectivity index (χ3n) is 4.14. The van der Waals surface area contributed by atoms with Gasteiger partial charge >= 0.3 is 6.09 Å². The average molecular weight is 347 g/mol. The Balaban J connectivity index is 1.74. The topological polar surface area (TPSA) is 103 Å². The number of hydrogen-bond acceptors (Lipinski definition) is 6. The van der Waals surface area contributed by atoms with E-state index in [-0.39, 0.29) is 24.7 Å². The van der Waals surface area contributed by atoms with Crippen molar-refractivity contribution in [1.29, 1.82) is 0 Å². The summed E-state index contributed by atoms with van der Waals surface area (Å²) in [4.78, 5) is 25.6. The molecule has 8 nitrogen and oxygen atoms in total. The summed E-state index contributed by atoms with van der Waals surface area (Å²) in [5, 5.41) is 13.9. The zero-order valence-electron chi connectivity index (χ0n) is 14.8. The van der Waals surface area contributed by atoms with Crippen LogP contribution in [0.4, 0.5) is 10.6 Å². The van der Waals surface area contributed by atoms with E-state index in [1.807, 2.05) is 33.0 Å². The molecule has 0 bridgehead atoms. The molecule has 0 aromatic carbocycles. The molecule has 0 radical (unpaired) electrons. The van der Waals surface area contributed by atoms with Crippen LogP contribution in [0.25, 0.3) is 11.0 Å². The Kier molecular flexibility index (Phi) is 4.80. The molecule has 2 aromatic heterocycles. The van der Waals surface area contributed by atoms with Crippen molar-refractivity contribution in [3.05, 3.63) is 18.6 Å². The van der Waals surface area contributed by atoms with Crippen molar-refractivity contribution in [3.63, 3.8) is 0 Å². The fourth-order valence-electron chi connectivity index (χ4n) is 3.10. The third kappa shape index (κ3) is 4.19. The second kappa shape index (κ2) is 6.87. The number of nitrogens with zero attached hydrogens (tertiary/aromatic N) is 3. The maximum atomic E-state index is 12.4. The van der Waals surface area contributed by atoms with Gasteiger partial charge in [0, 0.05) is 37.9 Å². The number of hydrogen-bond donors (Lipinski definition) is 3. The van der Waals surface area contributed by atoms with Crippen LogP contribution >= 0.6 is 0 Å². The van der Waals surface area contributed by atoms with Gasteiger partial charge in [0.25, 0.3) is 0 Å². The van der Waals surface area contributed by atoms with Gasteiger partial charge in [-0.3, -0.25) is 0 Å². The van der Waals surface area contributed by atoms with E-state index < -0.39 is 5.60 Å². The summed E-state index contributed by atoms with van der Waals surface area (Å²) in [6.07, 6.45) is 3.71. The molecule has 1 fully saturated rings. The molecule has 0 aliphatic carbocycles. The quantitative estimate of drug-likeness (QED) is 0.784. The number of piperidine rings is 1. The second-order valence-electron chi connectivity index (χ2n) is 7.47. The molecule has 0 spiro atoms. The Bertz CT molecular complexity index is 739. The number of H-pyrrole nitrogens is 1. The van der Waals surface area contributed by atoms with Crippen LogP contribution < -0.4 is 5.32 Å². The molecular weight excluding hydrogens is 322 g/mol. The van der Waals surface area contributed by atoms with Gasteiger partial charge in [-0.1, -0.05) is 0 Å². The number of anilines is 1. The number of fused-ring (bicyclic) bond motifs is 1. The standard InChI is InChI=1S/C17H25N5O3/c1-17(2,3)25-16(24)22-7-11(9-23)6-12(8-22)21-15-13-4-5-18-14(13)19-10-20-15/h4-5,10-12,23H,6-9H2,1-3H3,(H2,18,19,20,21). The Morgan fingerprint density at radius 1 is 1.44 bits per heavy atom. The summed E-state index contributed by atoms with van der Waals surface area (Å²) in [6.45, 7) is 6.56. The van der Waals surface area contributed by atoms with Gasteiger partial charge in [0.15, 0.2) is 0 Å². The van der Waals surface area contributed by atoms with E-state index in [1.54, 1.807) is 4.90 Å². The Labute approximate surface area is 146 Å². The highest BCUT2D eigenvalue weighted by atomic mass is 16.6. The molecule has 2 atom stereocenters. The molecule has 2 unspecified atom stereocenters. The third-order valence-corrected chi connectivity index (χ3v) is 4.14. The first-order valence-electron chi connectivity index (χ1n) is 8.49. The number of aliphatic hydroxyl groups excluding tert-OH is 1. The summed E-state index contributed by atoms with van der Waals surface area (Å²) >= 11 is 0. The van der Waals surface area contributed by atoms with Gasteiger partial charge in [-0.2, -0.15) is 0 Å². The minimum Gasteiger partial charge on any atom is -0.444 e. The lowest BCUT2D eigenvalue weighted by Crippen LogP contribution is -2.51. The number of aromatic amines is 1. The van der Waals surface area contributed by atoms with Crippen LogP contribution in [-0.2, 0) is 4.74 Å². The number of carbonyl (C=O) groups is 1. The fraction of sp³-hybridized carbons (Fsp3) is 0.588. The van der Waals surface area contributed by atoms with Crippen molar-refractivity contribution in [1.82, 2.24) is 19.9 Å². The number of aromatic nitrogens is 3. The van der Waals surface area contributed by atoms with E-state index >= 15 is 0 Å². The molecule has 3 heterocycles. The van der Waals surface area contributed by atoms with Crippen LogP contribution in [0.3, 0.4) is 0 Å². The molecule has 3 N–H and O–H groups in total. The van der Waals surface area contributed by atoms with Crippen LogP contribution in [0.2, 0.25) is 0 Å². The lowest BCUT2D eigenvalue weighted by Gasteiger charge is -2.38. The van der Waals surface area contributed by atoms with E-state index in [2.05, 4.69) is 20.3 Å². The summed E-state index contributed by atoms with van der Waals surface area (Å²) < 4.78 is 5.47. The highest BCUT2D eigenvalue weighted by Crippen LogP contribution is 2.24. The maximum absolute atomic E-state index is 12.4. The first kappa shape index (κ1) is 17.5. The zero-order chi connectivity index (χ0) is 18.0. The number of carbonyl (C=O) groups excluding carboxylic acids is 1. The van der Waals surface area contributed by atoms with Crippen LogP contribution in [0.15, 0.2) is 18.6 Å². The van der Waals surface area contributed by atoms with Crippen LogP contribution in [0, 0.1) is 5.92 Å². The first-order chi connectivity index (χ1) is 11.9. The molecule has 1 aliphatic rings. The molecule has 136 valence electrons. The van der Waals surface area contributed by atoms with E-state index in [1.165, 1.54) is 6.33 Å². The second-order valence-corrected chi connectivity index (χ2v) is 7.47.